The van der Waals surface area contributed by atoms with E-state index in [0.717, 1.165) is 41.7 Å². The number of nitriles is 1. The summed E-state index contributed by atoms with van der Waals surface area (Å²) in [5.74, 6) is -0.797. The summed E-state index contributed by atoms with van der Waals surface area (Å²) in [5.41, 5.74) is 1.80. The highest BCUT2D eigenvalue weighted by atomic mass is 79.9. The van der Waals surface area contributed by atoms with Crippen molar-refractivity contribution >= 4 is 33.0 Å². The molecule has 0 saturated heterocycles. The molecule has 0 aliphatic carbocycles. The Morgan fingerprint density at radius 3 is 2.48 bits per heavy atom. The number of carbonyl (C=O) groups is 1. The smallest absolute Gasteiger partial charge is 0.210 e. The topological polar surface area (TPSA) is 58.2 Å². The van der Waals surface area contributed by atoms with Crippen molar-refractivity contribution in [1.82, 2.24) is 4.98 Å². The van der Waals surface area contributed by atoms with Crippen LogP contribution in [0.25, 0.3) is 11.3 Å². The highest BCUT2D eigenvalue weighted by molar-refractivity contribution is 9.10. The molecule has 0 radical (unpaired) electrons. The van der Waals surface area contributed by atoms with Crippen LogP contribution in [0.2, 0.25) is 0 Å². The van der Waals surface area contributed by atoms with Gasteiger partial charge in [-0.1, -0.05) is 41.9 Å². The van der Waals surface area contributed by atoms with E-state index in [1.54, 1.807) is 0 Å². The minimum atomic E-state index is -0.766. The summed E-state index contributed by atoms with van der Waals surface area (Å²) in [6.45, 7) is 6.55. The van der Waals surface area contributed by atoms with Crippen LogP contribution in [0.1, 0.15) is 37.6 Å². The van der Waals surface area contributed by atoms with Crippen LogP contribution in [-0.4, -0.2) is 30.4 Å². The van der Waals surface area contributed by atoms with Crippen molar-refractivity contribution in [1.29, 1.82) is 5.26 Å². The van der Waals surface area contributed by atoms with E-state index >= 15 is 0 Å². The van der Waals surface area contributed by atoms with Crippen LogP contribution in [0.4, 0.5) is 0 Å². The first-order chi connectivity index (χ1) is 12.1. The number of aromatic nitrogens is 1. The molecule has 1 aromatic carbocycles. The Balaban J connectivity index is 2.13. The Hall–Kier alpha value is -1.55. The van der Waals surface area contributed by atoms with Crippen LogP contribution in [0.5, 0.6) is 0 Å². The second-order valence-corrected chi connectivity index (χ2v) is 7.84. The van der Waals surface area contributed by atoms with Crippen molar-refractivity contribution in [2.75, 3.05) is 19.6 Å². The molecule has 0 unspecified atom stereocenters. The molecular weight excluding hydrogens is 398 g/mol. The van der Waals surface area contributed by atoms with E-state index < -0.39 is 5.92 Å². The molecule has 1 aromatic heterocycles. The van der Waals surface area contributed by atoms with Gasteiger partial charge in [0.2, 0.25) is 5.78 Å². The summed E-state index contributed by atoms with van der Waals surface area (Å²) in [4.78, 5) is 18.4. The minimum Gasteiger partial charge on any atom is -0.329 e. The van der Waals surface area contributed by atoms with Crippen molar-refractivity contribution in [2.45, 2.75) is 32.6 Å². The Morgan fingerprint density at radius 1 is 1.28 bits per heavy atom. The van der Waals surface area contributed by atoms with Crippen molar-refractivity contribution in [3.8, 4) is 17.3 Å². The van der Waals surface area contributed by atoms with Crippen LogP contribution < -0.4 is 4.90 Å². The van der Waals surface area contributed by atoms with Crippen molar-refractivity contribution in [3.05, 3.63) is 39.1 Å². The lowest BCUT2D eigenvalue weighted by atomic mass is 10.1. The number of rotatable bonds is 9. The molecule has 0 fully saturated rings. The van der Waals surface area contributed by atoms with Crippen LogP contribution in [0.15, 0.2) is 34.1 Å². The van der Waals surface area contributed by atoms with Crippen LogP contribution >= 0.6 is 27.3 Å². The number of nitrogens with zero attached hydrogens (tertiary/aromatic N) is 2. The highest BCUT2D eigenvalue weighted by Gasteiger charge is 2.27. The predicted molar refractivity (Wildman–Crippen MR) is 105 cm³/mol. The molecule has 0 aliphatic heterocycles. The van der Waals surface area contributed by atoms with Gasteiger partial charge in [-0.2, -0.15) is 5.26 Å². The molecule has 0 amide bonds. The number of benzene rings is 1. The summed E-state index contributed by atoms with van der Waals surface area (Å²) in [7, 11) is 0. The lowest BCUT2D eigenvalue weighted by Crippen LogP contribution is -3.13. The van der Waals surface area contributed by atoms with E-state index in [0.29, 0.717) is 11.6 Å². The summed E-state index contributed by atoms with van der Waals surface area (Å²) in [6, 6.07) is 10.0. The van der Waals surface area contributed by atoms with Gasteiger partial charge in [0.05, 0.1) is 24.9 Å². The minimum absolute atomic E-state index is 0.0314. The van der Waals surface area contributed by atoms with Crippen LogP contribution in [-0.2, 0) is 4.79 Å². The van der Waals surface area contributed by atoms with Gasteiger partial charge in [-0.3, -0.25) is 4.79 Å². The number of Topliss-reactive ketones (excluding diaryl/α,β-unsaturated/α-hetero) is 1. The molecule has 1 N–H and O–H groups in total. The fourth-order valence-electron chi connectivity index (χ4n) is 2.80. The average molecular weight is 421 g/mol. The Labute approximate surface area is 161 Å². The molecule has 2 aromatic rings. The second-order valence-electron chi connectivity index (χ2n) is 6.03. The molecule has 0 bridgehead atoms. The molecule has 6 heteroatoms. The third kappa shape index (κ3) is 5.46. The lowest BCUT2D eigenvalue weighted by Gasteiger charge is -2.18. The molecule has 25 heavy (non-hydrogen) atoms. The van der Waals surface area contributed by atoms with E-state index in [1.807, 2.05) is 29.6 Å². The molecular formula is C19H23BrN3OS+. The van der Waals surface area contributed by atoms with Gasteiger partial charge in [0, 0.05) is 15.4 Å². The first-order valence-corrected chi connectivity index (χ1v) is 10.2. The Morgan fingerprint density at radius 2 is 1.92 bits per heavy atom. The van der Waals surface area contributed by atoms with E-state index in [4.69, 9.17) is 0 Å². The van der Waals surface area contributed by atoms with Gasteiger partial charge >= 0.3 is 0 Å². The number of ketones is 1. The number of hydrogen-bond donors (Lipinski definition) is 1. The van der Waals surface area contributed by atoms with E-state index in [2.05, 4.69) is 40.8 Å². The zero-order valence-corrected chi connectivity index (χ0v) is 17.0. The number of thiazole rings is 1. The van der Waals surface area contributed by atoms with Gasteiger partial charge in [-0.05, 0) is 25.0 Å². The number of hydrogen-bond acceptors (Lipinski definition) is 4. The molecule has 4 nitrogen and oxygen atoms in total. The molecule has 0 spiro atoms. The van der Waals surface area contributed by atoms with Crippen molar-refractivity contribution < 1.29 is 9.69 Å². The number of halogens is 1. The van der Waals surface area contributed by atoms with Gasteiger partial charge in [0.25, 0.3) is 0 Å². The SMILES string of the molecule is CCC[NH+](CCC)CC(=O)[C@H](C#N)c1nc(-c2ccc(Br)cc2)cs1. The fraction of sp³-hybridized carbons (Fsp3) is 0.421. The molecule has 1 heterocycles. The predicted octanol–water partition coefficient (Wildman–Crippen LogP) is 3.45. The summed E-state index contributed by atoms with van der Waals surface area (Å²) in [6.07, 6.45) is 2.07. The lowest BCUT2D eigenvalue weighted by molar-refractivity contribution is -0.892. The maximum absolute atomic E-state index is 12.6. The highest BCUT2D eigenvalue weighted by Crippen LogP contribution is 2.27. The van der Waals surface area contributed by atoms with Crippen molar-refractivity contribution in [3.63, 3.8) is 0 Å². The van der Waals surface area contributed by atoms with E-state index in [-0.39, 0.29) is 5.78 Å². The van der Waals surface area contributed by atoms with Crippen LogP contribution in [0.3, 0.4) is 0 Å². The molecule has 0 saturated carbocycles. The Kier molecular flexibility index (Phi) is 7.76. The van der Waals surface area contributed by atoms with E-state index in [1.165, 1.54) is 16.2 Å². The quantitative estimate of drug-likeness (QED) is 0.675. The molecule has 1 atom stereocenters. The Bertz CT molecular complexity index is 730. The van der Waals surface area contributed by atoms with Crippen LogP contribution in [0, 0.1) is 11.3 Å². The zero-order valence-electron chi connectivity index (χ0n) is 14.6. The number of carbonyl (C=O) groups excluding carboxylic acids is 1. The fourth-order valence-corrected chi connectivity index (χ4v) is 3.95. The van der Waals surface area contributed by atoms with Crippen molar-refractivity contribution in [2.24, 2.45) is 0 Å². The largest absolute Gasteiger partial charge is 0.329 e. The maximum atomic E-state index is 12.6. The summed E-state index contributed by atoms with van der Waals surface area (Å²) in [5, 5.41) is 12.0. The van der Waals surface area contributed by atoms with Gasteiger partial charge in [-0.25, -0.2) is 4.98 Å². The van der Waals surface area contributed by atoms with E-state index in [9.17, 15) is 10.1 Å². The normalized spacial score (nSPS) is 12.1. The third-order valence-corrected chi connectivity index (χ3v) is 5.43. The van der Waals surface area contributed by atoms with Gasteiger partial charge < -0.3 is 4.90 Å². The monoisotopic (exact) mass is 420 g/mol. The first-order valence-electron chi connectivity index (χ1n) is 8.56. The third-order valence-electron chi connectivity index (χ3n) is 3.99. The standard InChI is InChI=1S/C19H22BrN3OS/c1-3-9-23(10-4-2)12-18(24)16(11-21)19-22-17(13-25-19)14-5-7-15(20)8-6-14/h5-8,13,16H,3-4,9-10,12H2,1-2H3/p+1/t16-/m0/s1. The number of nitrogens with one attached hydrogen (secondary N) is 1. The molecule has 132 valence electrons. The van der Waals surface area contributed by atoms with Gasteiger partial charge in [0.1, 0.15) is 11.6 Å². The summed E-state index contributed by atoms with van der Waals surface area (Å²) < 4.78 is 1.01. The maximum Gasteiger partial charge on any atom is 0.210 e. The summed E-state index contributed by atoms with van der Waals surface area (Å²) >= 11 is 4.81. The second kappa shape index (κ2) is 9.81. The van der Waals surface area contributed by atoms with Gasteiger partial charge in [-0.15, -0.1) is 11.3 Å². The number of quaternary nitrogens is 1. The zero-order chi connectivity index (χ0) is 18.2. The average Bonchev–Trinajstić information content (AvgIpc) is 3.06. The first kappa shape index (κ1) is 19.8. The molecule has 2 rings (SSSR count). The molecule has 0 aliphatic rings. The van der Waals surface area contributed by atoms with Gasteiger partial charge in [0.15, 0.2) is 5.92 Å².